The minimum atomic E-state index is -0.159. The molecular weight excluding hydrogens is 426 g/mol. The van der Waals surface area contributed by atoms with E-state index in [2.05, 4.69) is 15.5 Å². The first kappa shape index (κ1) is 23.4. The zero-order chi connectivity index (χ0) is 23.3. The molecule has 3 fully saturated rings. The van der Waals surface area contributed by atoms with Gasteiger partial charge in [-0.15, -0.1) is 0 Å². The van der Waals surface area contributed by atoms with E-state index in [4.69, 9.17) is 14.7 Å². The van der Waals surface area contributed by atoms with Crippen molar-refractivity contribution in [3.63, 3.8) is 0 Å². The van der Waals surface area contributed by atoms with E-state index in [0.29, 0.717) is 17.9 Å². The van der Waals surface area contributed by atoms with Crippen molar-refractivity contribution in [2.75, 3.05) is 30.8 Å². The normalized spacial score (nSPS) is 24.8. The van der Waals surface area contributed by atoms with E-state index < -0.39 is 0 Å². The molecule has 2 heterocycles. The zero-order valence-corrected chi connectivity index (χ0v) is 20.4. The van der Waals surface area contributed by atoms with Crippen LogP contribution in [0, 0.1) is 0 Å². The van der Waals surface area contributed by atoms with Crippen LogP contribution in [0.15, 0.2) is 30.5 Å². The summed E-state index contributed by atoms with van der Waals surface area (Å²) in [5, 5.41) is 17.0. The summed E-state index contributed by atoms with van der Waals surface area (Å²) in [6, 6.07) is 8.98. The highest BCUT2D eigenvalue weighted by molar-refractivity contribution is 5.58. The van der Waals surface area contributed by atoms with Crippen LogP contribution in [0.1, 0.15) is 75.7 Å². The van der Waals surface area contributed by atoms with Crippen molar-refractivity contribution in [3.8, 4) is 5.75 Å². The largest absolute Gasteiger partial charge is 0.497 e. The van der Waals surface area contributed by atoms with Crippen molar-refractivity contribution in [2.45, 2.75) is 88.3 Å². The molecule has 3 aliphatic rings. The molecule has 0 unspecified atom stereocenters. The van der Waals surface area contributed by atoms with Crippen LogP contribution in [-0.2, 0) is 0 Å². The van der Waals surface area contributed by atoms with Crippen molar-refractivity contribution < 1.29 is 9.84 Å². The Morgan fingerprint density at radius 1 is 1.00 bits per heavy atom. The van der Waals surface area contributed by atoms with Crippen LogP contribution < -0.4 is 15.4 Å². The molecule has 2 saturated carbocycles. The quantitative estimate of drug-likeness (QED) is 0.527. The Morgan fingerprint density at radius 2 is 1.76 bits per heavy atom. The first-order valence-corrected chi connectivity index (χ1v) is 13.1. The molecule has 1 saturated heterocycles. The van der Waals surface area contributed by atoms with Crippen molar-refractivity contribution in [2.24, 2.45) is 0 Å². The smallest absolute Gasteiger partial charge is 0.229 e. The van der Waals surface area contributed by atoms with E-state index in [9.17, 15) is 5.11 Å². The van der Waals surface area contributed by atoms with Gasteiger partial charge in [0.05, 0.1) is 13.2 Å². The number of aromatic nitrogens is 2. The SMILES string of the molecule is COc1cccc(Nc2ncc(C3CCN(C4CCCC4)CC3)c(N[C@H]3CC[C@H](O)CC3)n2)c1. The summed E-state index contributed by atoms with van der Waals surface area (Å²) < 4.78 is 5.35. The number of likely N-dealkylation sites (tertiary alicyclic amines) is 1. The topological polar surface area (TPSA) is 82.5 Å². The van der Waals surface area contributed by atoms with Gasteiger partial charge in [0.2, 0.25) is 5.95 Å². The van der Waals surface area contributed by atoms with E-state index in [-0.39, 0.29) is 6.10 Å². The van der Waals surface area contributed by atoms with Crippen LogP contribution in [0.25, 0.3) is 0 Å². The Kier molecular flexibility index (Phi) is 7.50. The lowest BCUT2D eigenvalue weighted by molar-refractivity contribution is 0.126. The third kappa shape index (κ3) is 5.63. The summed E-state index contributed by atoms with van der Waals surface area (Å²) in [7, 11) is 1.67. The number of aliphatic hydroxyl groups is 1. The Labute approximate surface area is 203 Å². The third-order valence-electron chi connectivity index (χ3n) is 7.99. The van der Waals surface area contributed by atoms with Gasteiger partial charge in [-0.3, -0.25) is 0 Å². The highest BCUT2D eigenvalue weighted by Gasteiger charge is 2.30. The number of anilines is 3. The van der Waals surface area contributed by atoms with Crippen LogP contribution in [-0.4, -0.2) is 58.4 Å². The van der Waals surface area contributed by atoms with Gasteiger partial charge in [-0.25, -0.2) is 4.98 Å². The monoisotopic (exact) mass is 465 g/mol. The second kappa shape index (κ2) is 10.9. The summed E-state index contributed by atoms with van der Waals surface area (Å²) in [5.41, 5.74) is 2.15. The number of piperidine rings is 1. The summed E-state index contributed by atoms with van der Waals surface area (Å²) >= 11 is 0. The summed E-state index contributed by atoms with van der Waals surface area (Å²) in [6.07, 6.45) is 13.4. The third-order valence-corrected chi connectivity index (χ3v) is 7.99. The van der Waals surface area contributed by atoms with Crippen LogP contribution >= 0.6 is 0 Å². The van der Waals surface area contributed by atoms with E-state index in [1.54, 1.807) is 7.11 Å². The molecule has 1 aromatic carbocycles. The maximum absolute atomic E-state index is 9.94. The van der Waals surface area contributed by atoms with Crippen molar-refractivity contribution in [1.82, 2.24) is 14.9 Å². The molecule has 0 atom stereocenters. The average Bonchev–Trinajstić information content (AvgIpc) is 3.41. The molecule has 34 heavy (non-hydrogen) atoms. The van der Waals surface area contributed by atoms with Crippen LogP contribution in [0.5, 0.6) is 5.75 Å². The van der Waals surface area contributed by atoms with Crippen LogP contribution in [0.3, 0.4) is 0 Å². The Balaban J connectivity index is 1.33. The van der Waals surface area contributed by atoms with Gasteiger partial charge in [0.1, 0.15) is 11.6 Å². The molecule has 0 radical (unpaired) electrons. The van der Waals surface area contributed by atoms with Gasteiger partial charge in [-0.1, -0.05) is 18.9 Å². The second-order valence-electron chi connectivity index (χ2n) is 10.3. The van der Waals surface area contributed by atoms with Gasteiger partial charge in [0.15, 0.2) is 0 Å². The number of aliphatic hydroxyl groups excluding tert-OH is 1. The zero-order valence-electron chi connectivity index (χ0n) is 20.4. The average molecular weight is 466 g/mol. The molecule has 0 spiro atoms. The first-order valence-electron chi connectivity index (χ1n) is 13.1. The fourth-order valence-corrected chi connectivity index (χ4v) is 5.95. The lowest BCUT2D eigenvalue weighted by atomic mass is 9.88. The van der Waals surface area contributed by atoms with Crippen molar-refractivity contribution >= 4 is 17.5 Å². The number of benzene rings is 1. The molecule has 1 aromatic heterocycles. The maximum Gasteiger partial charge on any atom is 0.229 e. The summed E-state index contributed by atoms with van der Waals surface area (Å²) in [4.78, 5) is 12.4. The number of nitrogens with zero attached hydrogens (tertiary/aromatic N) is 3. The highest BCUT2D eigenvalue weighted by Crippen LogP contribution is 2.36. The fraction of sp³-hybridized carbons (Fsp3) is 0.630. The van der Waals surface area contributed by atoms with E-state index in [0.717, 1.165) is 49.0 Å². The summed E-state index contributed by atoms with van der Waals surface area (Å²) in [6.45, 7) is 2.35. The van der Waals surface area contributed by atoms with Gasteiger partial charge in [-0.05, 0) is 82.5 Å². The van der Waals surface area contributed by atoms with Crippen molar-refractivity contribution in [1.29, 1.82) is 0 Å². The molecule has 1 aliphatic heterocycles. The predicted molar refractivity (Wildman–Crippen MR) is 136 cm³/mol. The van der Waals surface area contributed by atoms with Crippen LogP contribution in [0.4, 0.5) is 17.5 Å². The molecular formula is C27H39N5O2. The number of nitrogens with one attached hydrogen (secondary N) is 2. The van der Waals surface area contributed by atoms with Gasteiger partial charge >= 0.3 is 0 Å². The molecule has 0 bridgehead atoms. The minimum absolute atomic E-state index is 0.159. The molecule has 0 amide bonds. The number of hydrogen-bond acceptors (Lipinski definition) is 7. The predicted octanol–water partition coefficient (Wildman–Crippen LogP) is 5.07. The van der Waals surface area contributed by atoms with E-state index in [1.807, 2.05) is 30.5 Å². The molecule has 184 valence electrons. The number of rotatable bonds is 7. The van der Waals surface area contributed by atoms with Gasteiger partial charge in [0, 0.05) is 35.6 Å². The van der Waals surface area contributed by atoms with Gasteiger partial charge in [-0.2, -0.15) is 4.98 Å². The van der Waals surface area contributed by atoms with E-state index >= 15 is 0 Å². The van der Waals surface area contributed by atoms with Crippen LogP contribution in [0.2, 0.25) is 0 Å². The summed E-state index contributed by atoms with van der Waals surface area (Å²) in [5.74, 6) is 2.84. The molecule has 7 nitrogen and oxygen atoms in total. The maximum atomic E-state index is 9.94. The van der Waals surface area contributed by atoms with Crippen molar-refractivity contribution in [3.05, 3.63) is 36.0 Å². The lowest BCUT2D eigenvalue weighted by Gasteiger charge is -2.36. The number of methoxy groups -OCH3 is 1. The molecule has 3 N–H and O–H groups in total. The van der Waals surface area contributed by atoms with Gasteiger partial charge in [0.25, 0.3) is 0 Å². The lowest BCUT2D eigenvalue weighted by Crippen LogP contribution is -2.39. The fourth-order valence-electron chi connectivity index (χ4n) is 5.95. The molecule has 7 heteroatoms. The minimum Gasteiger partial charge on any atom is -0.497 e. The second-order valence-corrected chi connectivity index (χ2v) is 10.3. The number of hydrogen-bond donors (Lipinski definition) is 3. The molecule has 5 rings (SSSR count). The highest BCUT2D eigenvalue weighted by atomic mass is 16.5. The Bertz CT molecular complexity index is 932. The van der Waals surface area contributed by atoms with Gasteiger partial charge < -0.3 is 25.4 Å². The Hall–Kier alpha value is -2.38. The molecule has 2 aromatic rings. The van der Waals surface area contributed by atoms with E-state index in [1.165, 1.54) is 57.2 Å². The standard InChI is InChI=1S/C27H39N5O2/c1-34-24-8-4-5-21(17-24)30-27-28-18-25(26(31-27)29-20-9-11-23(33)12-10-20)19-13-15-32(16-14-19)22-6-2-3-7-22/h4-5,8,17-20,22-23,33H,2-3,6-7,9-16H2,1H3,(H2,28,29,30,31)/t20-,23-. The molecule has 2 aliphatic carbocycles. The first-order chi connectivity index (χ1) is 16.7. The Morgan fingerprint density at radius 3 is 2.50 bits per heavy atom. The number of ether oxygens (including phenoxy) is 1.